The summed E-state index contributed by atoms with van der Waals surface area (Å²) in [5.41, 5.74) is 12.3. The van der Waals surface area contributed by atoms with Crippen molar-refractivity contribution < 1.29 is 5.11 Å². The summed E-state index contributed by atoms with van der Waals surface area (Å²) in [6.07, 6.45) is 20.4. The van der Waals surface area contributed by atoms with E-state index < -0.39 is 0 Å². The van der Waals surface area contributed by atoms with Crippen LogP contribution in [0.25, 0.3) is 0 Å². The van der Waals surface area contributed by atoms with Gasteiger partial charge in [0.25, 0.3) is 0 Å². The Morgan fingerprint density at radius 1 is 0.708 bits per heavy atom. The van der Waals surface area contributed by atoms with Crippen LogP contribution in [0.15, 0.2) is 0 Å². The van der Waals surface area contributed by atoms with Crippen LogP contribution in [0.1, 0.15) is 110 Å². The van der Waals surface area contributed by atoms with Crippen LogP contribution in [-0.2, 0) is 0 Å². The molecule has 1 aliphatic carbocycles. The Morgan fingerprint density at radius 3 is 1.67 bits per heavy atom. The van der Waals surface area contributed by atoms with Gasteiger partial charge in [-0.05, 0) is 25.2 Å². The minimum absolute atomic E-state index is 0.105. The van der Waals surface area contributed by atoms with Crippen LogP contribution < -0.4 is 11.5 Å². The van der Waals surface area contributed by atoms with Crippen molar-refractivity contribution in [3.05, 3.63) is 0 Å². The van der Waals surface area contributed by atoms with Gasteiger partial charge in [-0.25, -0.2) is 0 Å². The molecule has 24 heavy (non-hydrogen) atoms. The predicted octanol–water partition coefficient (Wildman–Crippen LogP) is 4.89. The van der Waals surface area contributed by atoms with E-state index in [0.29, 0.717) is 5.92 Å². The highest BCUT2D eigenvalue weighted by Crippen LogP contribution is 2.27. The van der Waals surface area contributed by atoms with E-state index in [2.05, 4.69) is 6.92 Å². The largest absolute Gasteiger partial charge is 0.392 e. The van der Waals surface area contributed by atoms with Crippen LogP contribution in [0.3, 0.4) is 0 Å². The van der Waals surface area contributed by atoms with Gasteiger partial charge in [-0.3, -0.25) is 0 Å². The third kappa shape index (κ3) is 9.39. The Kier molecular flexibility index (Phi) is 12.9. The minimum Gasteiger partial charge on any atom is -0.392 e. The van der Waals surface area contributed by atoms with Gasteiger partial charge in [0.15, 0.2) is 0 Å². The summed E-state index contributed by atoms with van der Waals surface area (Å²) in [6.45, 7) is 2.28. The molecule has 3 nitrogen and oxygen atoms in total. The molecule has 1 fully saturated rings. The standard InChI is InChI=1S/C21H44N2O/c1-2-3-4-5-6-7-8-9-10-11-12-13-14-15-18-19(22)16-17-20(24)21(18)23/h18-21,24H,2-17,22-23H2,1H3. The molecule has 0 amide bonds. The van der Waals surface area contributed by atoms with Gasteiger partial charge in [-0.1, -0.05) is 90.4 Å². The molecule has 0 aliphatic heterocycles. The zero-order valence-electron chi connectivity index (χ0n) is 16.2. The van der Waals surface area contributed by atoms with E-state index in [4.69, 9.17) is 11.5 Å². The number of aliphatic hydroxyl groups is 1. The van der Waals surface area contributed by atoms with Crippen molar-refractivity contribution in [3.8, 4) is 0 Å². The van der Waals surface area contributed by atoms with E-state index in [9.17, 15) is 5.11 Å². The van der Waals surface area contributed by atoms with Gasteiger partial charge in [0.1, 0.15) is 0 Å². The molecule has 4 atom stereocenters. The quantitative estimate of drug-likeness (QED) is 0.394. The number of nitrogens with two attached hydrogens (primary N) is 2. The van der Waals surface area contributed by atoms with Crippen LogP contribution in [0, 0.1) is 5.92 Å². The lowest BCUT2D eigenvalue weighted by atomic mass is 9.77. The van der Waals surface area contributed by atoms with E-state index in [-0.39, 0.29) is 18.2 Å². The Labute approximate surface area is 151 Å². The monoisotopic (exact) mass is 340 g/mol. The molecule has 3 heteroatoms. The van der Waals surface area contributed by atoms with Crippen molar-refractivity contribution in [1.29, 1.82) is 0 Å². The van der Waals surface area contributed by atoms with E-state index in [1.165, 1.54) is 83.5 Å². The highest BCUT2D eigenvalue weighted by Gasteiger charge is 2.33. The molecule has 0 heterocycles. The number of aliphatic hydroxyl groups excluding tert-OH is 1. The summed E-state index contributed by atoms with van der Waals surface area (Å²) in [5.74, 6) is 0.321. The van der Waals surface area contributed by atoms with E-state index in [1.807, 2.05) is 0 Å². The Bertz CT molecular complexity index is 285. The number of hydrogen-bond acceptors (Lipinski definition) is 3. The van der Waals surface area contributed by atoms with Crippen molar-refractivity contribution in [3.63, 3.8) is 0 Å². The van der Waals surface area contributed by atoms with Crippen LogP contribution in [-0.4, -0.2) is 23.3 Å². The van der Waals surface area contributed by atoms with Crippen LogP contribution in [0.4, 0.5) is 0 Å². The molecule has 0 bridgehead atoms. The van der Waals surface area contributed by atoms with Gasteiger partial charge >= 0.3 is 0 Å². The summed E-state index contributed by atoms with van der Waals surface area (Å²) >= 11 is 0. The van der Waals surface area contributed by atoms with Gasteiger partial charge < -0.3 is 16.6 Å². The zero-order valence-corrected chi connectivity index (χ0v) is 16.2. The average molecular weight is 341 g/mol. The van der Waals surface area contributed by atoms with Gasteiger partial charge in [-0.15, -0.1) is 0 Å². The van der Waals surface area contributed by atoms with Crippen molar-refractivity contribution in [1.82, 2.24) is 0 Å². The predicted molar refractivity (Wildman–Crippen MR) is 105 cm³/mol. The van der Waals surface area contributed by atoms with Crippen LogP contribution in [0.2, 0.25) is 0 Å². The zero-order chi connectivity index (χ0) is 17.6. The second kappa shape index (κ2) is 14.1. The van der Waals surface area contributed by atoms with Crippen LogP contribution in [0.5, 0.6) is 0 Å². The highest BCUT2D eigenvalue weighted by molar-refractivity contribution is 4.91. The first-order valence-electron chi connectivity index (χ1n) is 10.9. The summed E-state index contributed by atoms with van der Waals surface area (Å²) in [6, 6.07) is 0.0896. The molecule has 5 N–H and O–H groups in total. The normalized spacial score (nSPS) is 27.5. The van der Waals surface area contributed by atoms with E-state index in [1.54, 1.807) is 0 Å². The maximum Gasteiger partial charge on any atom is 0.0695 e. The molecule has 0 aromatic heterocycles. The molecular formula is C21H44N2O. The highest BCUT2D eigenvalue weighted by atomic mass is 16.3. The first kappa shape index (κ1) is 21.9. The minimum atomic E-state index is -0.336. The summed E-state index contributed by atoms with van der Waals surface area (Å²) in [4.78, 5) is 0. The molecule has 0 spiro atoms. The van der Waals surface area contributed by atoms with E-state index in [0.717, 1.165) is 19.3 Å². The SMILES string of the molecule is CCCCCCCCCCCCCCCC1C(N)CCC(O)C1N. The molecule has 0 saturated heterocycles. The fraction of sp³-hybridized carbons (Fsp3) is 1.00. The lowest BCUT2D eigenvalue weighted by molar-refractivity contribution is 0.0617. The van der Waals surface area contributed by atoms with Crippen molar-refractivity contribution >= 4 is 0 Å². The second-order valence-corrected chi connectivity index (χ2v) is 8.08. The molecule has 0 aromatic rings. The maximum absolute atomic E-state index is 9.89. The average Bonchev–Trinajstić information content (AvgIpc) is 2.58. The fourth-order valence-electron chi connectivity index (χ4n) is 4.14. The number of hydrogen-bond donors (Lipinski definition) is 3. The number of rotatable bonds is 14. The summed E-state index contributed by atoms with van der Waals surface area (Å²) < 4.78 is 0. The van der Waals surface area contributed by atoms with Gasteiger partial charge in [0, 0.05) is 12.1 Å². The van der Waals surface area contributed by atoms with Crippen molar-refractivity contribution in [2.24, 2.45) is 17.4 Å². The van der Waals surface area contributed by atoms with Crippen LogP contribution >= 0.6 is 0 Å². The first-order chi connectivity index (χ1) is 11.7. The molecular weight excluding hydrogens is 296 g/mol. The Morgan fingerprint density at radius 2 is 1.17 bits per heavy atom. The maximum atomic E-state index is 9.89. The molecule has 0 aromatic carbocycles. The summed E-state index contributed by atoms with van der Waals surface area (Å²) in [5, 5.41) is 9.89. The summed E-state index contributed by atoms with van der Waals surface area (Å²) in [7, 11) is 0. The van der Waals surface area contributed by atoms with Crippen molar-refractivity contribution in [2.75, 3.05) is 0 Å². The number of unbranched alkanes of at least 4 members (excludes halogenated alkanes) is 12. The van der Waals surface area contributed by atoms with Gasteiger partial charge in [0.05, 0.1) is 6.10 Å². The second-order valence-electron chi connectivity index (χ2n) is 8.08. The topological polar surface area (TPSA) is 72.3 Å². The molecule has 0 radical (unpaired) electrons. The van der Waals surface area contributed by atoms with Gasteiger partial charge in [-0.2, -0.15) is 0 Å². The van der Waals surface area contributed by atoms with Gasteiger partial charge in [0.2, 0.25) is 0 Å². The lowest BCUT2D eigenvalue weighted by Crippen LogP contribution is -2.53. The first-order valence-corrected chi connectivity index (χ1v) is 10.9. The fourth-order valence-corrected chi connectivity index (χ4v) is 4.14. The smallest absolute Gasteiger partial charge is 0.0695 e. The molecule has 1 saturated carbocycles. The Balaban J connectivity index is 1.87. The third-order valence-corrected chi connectivity index (χ3v) is 5.93. The lowest BCUT2D eigenvalue weighted by Gasteiger charge is -2.37. The molecule has 1 aliphatic rings. The van der Waals surface area contributed by atoms with E-state index >= 15 is 0 Å². The Hall–Kier alpha value is -0.120. The third-order valence-electron chi connectivity index (χ3n) is 5.93. The van der Waals surface area contributed by atoms with Crippen molar-refractivity contribution in [2.45, 2.75) is 128 Å². The molecule has 144 valence electrons. The molecule has 1 rings (SSSR count). The molecule has 4 unspecified atom stereocenters.